The third-order valence-electron chi connectivity index (χ3n) is 4.86. The monoisotopic (exact) mass is 301 g/mol. The lowest BCUT2D eigenvalue weighted by atomic mass is 9.98. The zero-order valence-corrected chi connectivity index (χ0v) is 13.3. The van der Waals surface area contributed by atoms with Gasteiger partial charge < -0.3 is 10.2 Å². The Balaban J connectivity index is 1.47. The molecule has 1 aromatic carbocycles. The van der Waals surface area contributed by atoms with Gasteiger partial charge in [0, 0.05) is 38.6 Å². The lowest BCUT2D eigenvalue weighted by molar-refractivity contribution is -0.137. The van der Waals surface area contributed by atoms with Gasteiger partial charge in [-0.05, 0) is 37.9 Å². The summed E-state index contributed by atoms with van der Waals surface area (Å²) < 4.78 is 0. The number of rotatable bonds is 3. The molecule has 2 aliphatic heterocycles. The number of piperazine rings is 1. The molecule has 120 valence electrons. The van der Waals surface area contributed by atoms with Crippen LogP contribution in [0.3, 0.4) is 0 Å². The maximum absolute atomic E-state index is 12.7. The molecule has 1 amide bonds. The van der Waals surface area contributed by atoms with Crippen LogP contribution in [-0.2, 0) is 11.3 Å². The normalized spacial score (nSPS) is 24.0. The lowest BCUT2D eigenvalue weighted by Crippen LogP contribution is -2.50. The van der Waals surface area contributed by atoms with E-state index in [1.807, 2.05) is 0 Å². The molecule has 3 rings (SSSR count). The van der Waals surface area contributed by atoms with E-state index in [-0.39, 0.29) is 5.92 Å². The second-order valence-corrected chi connectivity index (χ2v) is 6.46. The first-order valence-electron chi connectivity index (χ1n) is 8.59. The smallest absolute Gasteiger partial charge is 0.225 e. The summed E-state index contributed by atoms with van der Waals surface area (Å²) in [7, 11) is 0. The first kappa shape index (κ1) is 15.5. The average Bonchev–Trinajstić information content (AvgIpc) is 2.85. The van der Waals surface area contributed by atoms with Crippen molar-refractivity contribution in [2.45, 2.75) is 25.8 Å². The summed E-state index contributed by atoms with van der Waals surface area (Å²) in [5.74, 6) is 0.638. The molecular weight excluding hydrogens is 274 g/mol. The number of nitrogens with zero attached hydrogens (tertiary/aromatic N) is 2. The number of carbonyl (C=O) groups excluding carboxylic acids is 1. The van der Waals surface area contributed by atoms with Gasteiger partial charge in [-0.25, -0.2) is 0 Å². The summed E-state index contributed by atoms with van der Waals surface area (Å²) >= 11 is 0. The van der Waals surface area contributed by atoms with Gasteiger partial charge in [0.25, 0.3) is 0 Å². The van der Waals surface area contributed by atoms with Crippen LogP contribution < -0.4 is 5.32 Å². The Labute approximate surface area is 133 Å². The Kier molecular flexibility index (Phi) is 5.46. The van der Waals surface area contributed by atoms with Crippen LogP contribution in [0.15, 0.2) is 30.3 Å². The van der Waals surface area contributed by atoms with Crippen LogP contribution >= 0.6 is 0 Å². The SMILES string of the molecule is O=C([C@@H]1CCCNCC1)N1CCN(Cc2ccccc2)CC1. The van der Waals surface area contributed by atoms with Gasteiger partial charge in [0.15, 0.2) is 0 Å². The summed E-state index contributed by atoms with van der Waals surface area (Å²) in [5.41, 5.74) is 1.36. The highest BCUT2D eigenvalue weighted by Crippen LogP contribution is 2.18. The molecule has 0 radical (unpaired) electrons. The Hall–Kier alpha value is -1.39. The van der Waals surface area contributed by atoms with Crippen molar-refractivity contribution in [3.8, 4) is 0 Å². The van der Waals surface area contributed by atoms with Crippen molar-refractivity contribution in [3.63, 3.8) is 0 Å². The van der Waals surface area contributed by atoms with Crippen molar-refractivity contribution in [2.75, 3.05) is 39.3 Å². The third kappa shape index (κ3) is 4.08. The van der Waals surface area contributed by atoms with E-state index in [1.165, 1.54) is 5.56 Å². The van der Waals surface area contributed by atoms with E-state index in [1.54, 1.807) is 0 Å². The topological polar surface area (TPSA) is 35.6 Å². The van der Waals surface area contributed by atoms with Crippen LogP contribution in [0.5, 0.6) is 0 Å². The van der Waals surface area contributed by atoms with Gasteiger partial charge in [-0.1, -0.05) is 30.3 Å². The van der Waals surface area contributed by atoms with Crippen LogP contribution in [0.25, 0.3) is 0 Å². The molecule has 2 aliphatic rings. The van der Waals surface area contributed by atoms with Gasteiger partial charge in [0.2, 0.25) is 5.91 Å². The molecule has 2 saturated heterocycles. The molecule has 2 fully saturated rings. The van der Waals surface area contributed by atoms with Crippen LogP contribution in [0.4, 0.5) is 0 Å². The Morgan fingerprint density at radius 3 is 2.59 bits per heavy atom. The zero-order chi connectivity index (χ0) is 15.2. The molecule has 0 aliphatic carbocycles. The minimum atomic E-state index is 0.246. The van der Waals surface area contributed by atoms with Crippen LogP contribution in [0, 0.1) is 5.92 Å². The van der Waals surface area contributed by atoms with Crippen molar-refractivity contribution >= 4 is 5.91 Å². The summed E-state index contributed by atoms with van der Waals surface area (Å²) in [5, 5.41) is 3.39. The number of benzene rings is 1. The van der Waals surface area contributed by atoms with Gasteiger partial charge in [-0.3, -0.25) is 9.69 Å². The largest absolute Gasteiger partial charge is 0.340 e. The van der Waals surface area contributed by atoms with E-state index in [0.717, 1.165) is 65.1 Å². The van der Waals surface area contributed by atoms with Crippen LogP contribution in [0.2, 0.25) is 0 Å². The fourth-order valence-corrected chi connectivity index (χ4v) is 3.49. The molecule has 0 unspecified atom stereocenters. The van der Waals surface area contributed by atoms with E-state index >= 15 is 0 Å². The van der Waals surface area contributed by atoms with E-state index in [2.05, 4.69) is 45.4 Å². The molecule has 4 nitrogen and oxygen atoms in total. The van der Waals surface area contributed by atoms with E-state index in [0.29, 0.717) is 5.91 Å². The van der Waals surface area contributed by atoms with Crippen LogP contribution in [-0.4, -0.2) is 55.0 Å². The predicted octanol–water partition coefficient (Wildman–Crippen LogP) is 1.72. The number of hydrogen-bond acceptors (Lipinski definition) is 3. The minimum absolute atomic E-state index is 0.246. The van der Waals surface area contributed by atoms with E-state index in [4.69, 9.17) is 0 Å². The molecule has 4 heteroatoms. The number of nitrogens with one attached hydrogen (secondary N) is 1. The summed E-state index contributed by atoms with van der Waals surface area (Å²) in [6, 6.07) is 10.6. The molecule has 0 saturated carbocycles. The molecule has 0 aromatic heterocycles. The molecule has 0 bridgehead atoms. The molecule has 2 heterocycles. The van der Waals surface area contributed by atoms with Crippen molar-refractivity contribution < 1.29 is 4.79 Å². The Morgan fingerprint density at radius 1 is 1.05 bits per heavy atom. The van der Waals surface area contributed by atoms with E-state index in [9.17, 15) is 4.79 Å². The van der Waals surface area contributed by atoms with E-state index < -0.39 is 0 Å². The first-order valence-corrected chi connectivity index (χ1v) is 8.59. The fraction of sp³-hybridized carbons (Fsp3) is 0.611. The predicted molar refractivity (Wildman–Crippen MR) is 88.5 cm³/mol. The maximum Gasteiger partial charge on any atom is 0.225 e. The second kappa shape index (κ2) is 7.75. The zero-order valence-electron chi connectivity index (χ0n) is 13.3. The molecule has 1 atom stereocenters. The van der Waals surface area contributed by atoms with Crippen molar-refractivity contribution in [1.29, 1.82) is 0 Å². The van der Waals surface area contributed by atoms with Gasteiger partial charge in [-0.2, -0.15) is 0 Å². The van der Waals surface area contributed by atoms with Gasteiger partial charge in [0.05, 0.1) is 0 Å². The Morgan fingerprint density at radius 2 is 1.82 bits per heavy atom. The lowest BCUT2D eigenvalue weighted by Gasteiger charge is -2.36. The third-order valence-corrected chi connectivity index (χ3v) is 4.86. The molecule has 0 spiro atoms. The van der Waals surface area contributed by atoms with Crippen molar-refractivity contribution in [2.24, 2.45) is 5.92 Å². The first-order chi connectivity index (χ1) is 10.8. The van der Waals surface area contributed by atoms with Gasteiger partial charge in [-0.15, -0.1) is 0 Å². The molecule has 22 heavy (non-hydrogen) atoms. The highest BCUT2D eigenvalue weighted by molar-refractivity contribution is 5.79. The minimum Gasteiger partial charge on any atom is -0.340 e. The standard InChI is InChI=1S/C18H27N3O/c22-18(17-7-4-9-19-10-8-17)21-13-11-20(12-14-21)15-16-5-2-1-3-6-16/h1-3,5-6,17,19H,4,7-15H2/t17-/m1/s1. The number of hydrogen-bond donors (Lipinski definition) is 1. The quantitative estimate of drug-likeness (QED) is 0.923. The highest BCUT2D eigenvalue weighted by atomic mass is 16.2. The fourth-order valence-electron chi connectivity index (χ4n) is 3.49. The van der Waals surface area contributed by atoms with Crippen molar-refractivity contribution in [1.82, 2.24) is 15.1 Å². The van der Waals surface area contributed by atoms with Crippen LogP contribution in [0.1, 0.15) is 24.8 Å². The molecule has 1 N–H and O–H groups in total. The summed E-state index contributed by atoms with van der Waals surface area (Å²) in [6.45, 7) is 6.80. The van der Waals surface area contributed by atoms with Gasteiger partial charge >= 0.3 is 0 Å². The average molecular weight is 301 g/mol. The second-order valence-electron chi connectivity index (χ2n) is 6.46. The maximum atomic E-state index is 12.7. The van der Waals surface area contributed by atoms with Crippen molar-refractivity contribution in [3.05, 3.63) is 35.9 Å². The van der Waals surface area contributed by atoms with Gasteiger partial charge in [0.1, 0.15) is 0 Å². The summed E-state index contributed by atoms with van der Waals surface area (Å²) in [4.78, 5) is 17.2. The Bertz CT molecular complexity index is 460. The number of carbonyl (C=O) groups is 1. The summed E-state index contributed by atoms with van der Waals surface area (Å²) in [6.07, 6.45) is 3.18. The number of amides is 1. The highest BCUT2D eigenvalue weighted by Gasteiger charge is 2.27. The molecule has 1 aromatic rings. The molecular formula is C18H27N3O.